The van der Waals surface area contributed by atoms with Gasteiger partial charge in [0.15, 0.2) is 0 Å². The minimum atomic E-state index is 0.439. The molecule has 0 aromatic rings. The van der Waals surface area contributed by atoms with Gasteiger partial charge in [0, 0.05) is 18.2 Å². The van der Waals surface area contributed by atoms with Gasteiger partial charge in [-0.2, -0.15) is 0 Å². The largest absolute Gasteiger partial charge is 0.379 e. The number of hydrogen-bond donors (Lipinski definition) is 0. The van der Waals surface area contributed by atoms with E-state index >= 15 is 0 Å². The molecule has 0 radical (unpaired) electrons. The molecule has 2 heterocycles. The molecular formula is C10H19NO. The number of ether oxygens (including phenoxy) is 1. The minimum Gasteiger partial charge on any atom is -0.379 e. The zero-order chi connectivity index (χ0) is 8.60. The predicted molar refractivity (Wildman–Crippen MR) is 49.2 cm³/mol. The van der Waals surface area contributed by atoms with Gasteiger partial charge in [0.1, 0.15) is 0 Å². The average molecular weight is 169 g/mol. The summed E-state index contributed by atoms with van der Waals surface area (Å²) in [5.41, 5.74) is 0.439. The first-order valence-corrected chi connectivity index (χ1v) is 5.09. The van der Waals surface area contributed by atoms with Crippen molar-refractivity contribution in [1.29, 1.82) is 0 Å². The molecule has 0 aromatic heterocycles. The second-order valence-corrected chi connectivity index (χ2v) is 4.42. The van der Waals surface area contributed by atoms with Crippen LogP contribution in [0, 0.1) is 0 Å². The lowest BCUT2D eigenvalue weighted by Gasteiger charge is -2.36. The summed E-state index contributed by atoms with van der Waals surface area (Å²) in [4.78, 5) is 2.64. The van der Waals surface area contributed by atoms with Gasteiger partial charge in [0.2, 0.25) is 0 Å². The maximum absolute atomic E-state index is 5.52. The van der Waals surface area contributed by atoms with Crippen molar-refractivity contribution in [3.63, 3.8) is 0 Å². The summed E-state index contributed by atoms with van der Waals surface area (Å²) in [6, 6.07) is 0.689. The highest BCUT2D eigenvalue weighted by atomic mass is 16.5. The summed E-state index contributed by atoms with van der Waals surface area (Å²) < 4.78 is 5.52. The van der Waals surface area contributed by atoms with E-state index in [0.717, 1.165) is 13.2 Å². The molecular weight excluding hydrogens is 150 g/mol. The Morgan fingerprint density at radius 3 is 2.75 bits per heavy atom. The van der Waals surface area contributed by atoms with Crippen molar-refractivity contribution in [2.45, 2.75) is 44.7 Å². The molecule has 0 amide bonds. The molecule has 2 fully saturated rings. The van der Waals surface area contributed by atoms with E-state index in [9.17, 15) is 0 Å². The predicted octanol–water partition coefficient (Wildman–Crippen LogP) is 1.65. The van der Waals surface area contributed by atoms with Crippen LogP contribution in [0.25, 0.3) is 0 Å². The molecule has 2 nitrogen and oxygen atoms in total. The smallest absolute Gasteiger partial charge is 0.0651 e. The number of hydrogen-bond acceptors (Lipinski definition) is 2. The van der Waals surface area contributed by atoms with E-state index in [1.807, 2.05) is 0 Å². The molecule has 0 saturated carbocycles. The van der Waals surface area contributed by atoms with Crippen LogP contribution in [0.3, 0.4) is 0 Å². The van der Waals surface area contributed by atoms with Crippen molar-refractivity contribution in [3.05, 3.63) is 0 Å². The maximum Gasteiger partial charge on any atom is 0.0651 e. The van der Waals surface area contributed by atoms with Gasteiger partial charge in [-0.15, -0.1) is 0 Å². The van der Waals surface area contributed by atoms with Gasteiger partial charge in [-0.25, -0.2) is 0 Å². The van der Waals surface area contributed by atoms with E-state index in [2.05, 4.69) is 18.7 Å². The maximum atomic E-state index is 5.52. The van der Waals surface area contributed by atoms with E-state index in [0.29, 0.717) is 11.6 Å². The molecule has 12 heavy (non-hydrogen) atoms. The van der Waals surface area contributed by atoms with E-state index in [1.165, 1.54) is 25.8 Å². The molecule has 2 heteroatoms. The van der Waals surface area contributed by atoms with Crippen LogP contribution in [0.1, 0.15) is 33.1 Å². The average Bonchev–Trinajstić information content (AvgIpc) is 2.61. The minimum absolute atomic E-state index is 0.439. The topological polar surface area (TPSA) is 12.5 Å². The zero-order valence-corrected chi connectivity index (χ0v) is 8.18. The Morgan fingerprint density at radius 1 is 1.33 bits per heavy atom. The Morgan fingerprint density at radius 2 is 2.17 bits per heavy atom. The van der Waals surface area contributed by atoms with Crippen molar-refractivity contribution in [1.82, 2.24) is 4.90 Å². The molecule has 2 aliphatic rings. The van der Waals surface area contributed by atoms with Crippen LogP contribution in [0.5, 0.6) is 0 Å². The van der Waals surface area contributed by atoms with Crippen LogP contribution in [-0.2, 0) is 4.74 Å². The van der Waals surface area contributed by atoms with E-state index < -0.39 is 0 Å². The Kier molecular flexibility index (Phi) is 2.13. The van der Waals surface area contributed by atoms with Crippen molar-refractivity contribution < 1.29 is 4.74 Å². The van der Waals surface area contributed by atoms with Gasteiger partial charge in [0.05, 0.1) is 6.61 Å². The molecule has 70 valence electrons. The summed E-state index contributed by atoms with van der Waals surface area (Å²) in [5, 5.41) is 0. The summed E-state index contributed by atoms with van der Waals surface area (Å²) >= 11 is 0. The molecule has 2 rings (SSSR count). The molecule has 0 aliphatic carbocycles. The fraction of sp³-hybridized carbons (Fsp3) is 1.00. The molecule has 0 unspecified atom stereocenters. The van der Waals surface area contributed by atoms with Crippen LogP contribution in [-0.4, -0.2) is 36.2 Å². The first-order valence-electron chi connectivity index (χ1n) is 5.09. The summed E-state index contributed by atoms with van der Waals surface area (Å²) in [6.07, 6.45) is 3.97. The van der Waals surface area contributed by atoms with E-state index in [4.69, 9.17) is 4.74 Å². The highest BCUT2D eigenvalue weighted by Crippen LogP contribution is 2.37. The summed E-state index contributed by atoms with van der Waals surface area (Å²) in [7, 11) is 0. The summed E-state index contributed by atoms with van der Waals surface area (Å²) in [5.74, 6) is 0. The number of likely N-dealkylation sites (tertiary alicyclic amines) is 1. The van der Waals surface area contributed by atoms with Crippen LogP contribution in [0.2, 0.25) is 0 Å². The SMILES string of the molecule is CC(C)N1CCC[C@@]12CCOC2. The van der Waals surface area contributed by atoms with Crippen LogP contribution in [0.15, 0.2) is 0 Å². The van der Waals surface area contributed by atoms with Gasteiger partial charge >= 0.3 is 0 Å². The Balaban J connectivity index is 2.12. The van der Waals surface area contributed by atoms with E-state index in [-0.39, 0.29) is 0 Å². The number of rotatable bonds is 1. The molecule has 0 bridgehead atoms. The van der Waals surface area contributed by atoms with Gasteiger partial charge in [-0.05, 0) is 39.7 Å². The van der Waals surface area contributed by atoms with E-state index in [1.54, 1.807) is 0 Å². The molecule has 1 spiro atoms. The lowest BCUT2D eigenvalue weighted by molar-refractivity contribution is 0.0784. The molecule has 2 saturated heterocycles. The van der Waals surface area contributed by atoms with Crippen molar-refractivity contribution in [2.75, 3.05) is 19.8 Å². The highest BCUT2D eigenvalue weighted by Gasteiger charge is 2.44. The Hall–Kier alpha value is -0.0800. The molecule has 0 N–H and O–H groups in total. The third-order valence-corrected chi connectivity index (χ3v) is 3.36. The highest BCUT2D eigenvalue weighted by molar-refractivity contribution is 4.99. The standard InChI is InChI=1S/C10H19NO/c1-9(2)11-6-3-4-10(11)5-7-12-8-10/h9H,3-8H2,1-2H3/t10-/m0/s1. The third kappa shape index (κ3) is 1.17. The first kappa shape index (κ1) is 8.52. The summed E-state index contributed by atoms with van der Waals surface area (Å²) in [6.45, 7) is 7.83. The first-order chi connectivity index (χ1) is 5.75. The monoisotopic (exact) mass is 169 g/mol. The Bertz CT molecular complexity index is 156. The van der Waals surface area contributed by atoms with Crippen LogP contribution < -0.4 is 0 Å². The quantitative estimate of drug-likeness (QED) is 0.592. The van der Waals surface area contributed by atoms with Gasteiger partial charge < -0.3 is 4.74 Å². The third-order valence-electron chi connectivity index (χ3n) is 3.36. The van der Waals surface area contributed by atoms with Gasteiger partial charge in [-0.1, -0.05) is 0 Å². The van der Waals surface area contributed by atoms with Crippen molar-refractivity contribution >= 4 is 0 Å². The van der Waals surface area contributed by atoms with Crippen LogP contribution >= 0.6 is 0 Å². The molecule has 1 atom stereocenters. The lowest BCUT2D eigenvalue weighted by atomic mass is 9.94. The fourth-order valence-electron chi connectivity index (χ4n) is 2.79. The van der Waals surface area contributed by atoms with Gasteiger partial charge in [-0.3, -0.25) is 4.90 Å². The second-order valence-electron chi connectivity index (χ2n) is 4.42. The Labute approximate surface area is 74.9 Å². The second kappa shape index (κ2) is 3.00. The molecule has 2 aliphatic heterocycles. The fourth-order valence-corrected chi connectivity index (χ4v) is 2.79. The van der Waals surface area contributed by atoms with Crippen molar-refractivity contribution in [2.24, 2.45) is 0 Å². The zero-order valence-electron chi connectivity index (χ0n) is 8.18. The van der Waals surface area contributed by atoms with Crippen molar-refractivity contribution in [3.8, 4) is 0 Å². The lowest BCUT2D eigenvalue weighted by Crippen LogP contribution is -2.47. The molecule has 0 aromatic carbocycles. The normalized spacial score (nSPS) is 37.2. The number of nitrogens with zero attached hydrogens (tertiary/aromatic N) is 1. The van der Waals surface area contributed by atoms with Gasteiger partial charge in [0.25, 0.3) is 0 Å². The van der Waals surface area contributed by atoms with Crippen LogP contribution in [0.4, 0.5) is 0 Å².